The number of ether oxygens (including phenoxy) is 1. The number of hydrogen-bond acceptors (Lipinski definition) is 6. The predicted molar refractivity (Wildman–Crippen MR) is 145 cm³/mol. The second kappa shape index (κ2) is 10.6. The van der Waals surface area contributed by atoms with E-state index in [-0.39, 0.29) is 23.7 Å². The summed E-state index contributed by atoms with van der Waals surface area (Å²) in [4.78, 5) is 21.6. The first kappa shape index (κ1) is 24.7. The lowest BCUT2D eigenvalue weighted by Crippen LogP contribution is -2.45. The molecule has 196 valence electrons. The van der Waals surface area contributed by atoms with Gasteiger partial charge >= 0.3 is 0 Å². The van der Waals surface area contributed by atoms with Gasteiger partial charge in [-0.15, -0.1) is 10.2 Å². The highest BCUT2D eigenvalue weighted by Gasteiger charge is 2.33. The summed E-state index contributed by atoms with van der Waals surface area (Å²) in [6, 6.07) is 19.9. The summed E-state index contributed by atoms with van der Waals surface area (Å²) in [6.07, 6.45) is 5.53. The maximum atomic E-state index is 14.9. The molecule has 0 atom stereocenters. The van der Waals surface area contributed by atoms with Crippen LogP contribution in [0.2, 0.25) is 0 Å². The summed E-state index contributed by atoms with van der Waals surface area (Å²) in [6.45, 7) is 2.45. The van der Waals surface area contributed by atoms with Crippen LogP contribution in [-0.2, 0) is 6.42 Å². The Labute approximate surface area is 224 Å². The fraction of sp³-hybridized carbons (Fsp3) is 0.233. The molecule has 0 spiro atoms. The van der Waals surface area contributed by atoms with Crippen LogP contribution in [0.4, 0.5) is 4.39 Å². The lowest BCUT2D eigenvalue weighted by molar-refractivity contribution is 0.0884. The Morgan fingerprint density at radius 3 is 2.56 bits per heavy atom. The van der Waals surface area contributed by atoms with Crippen molar-refractivity contribution < 1.29 is 13.9 Å². The van der Waals surface area contributed by atoms with Gasteiger partial charge in [-0.05, 0) is 61.4 Å². The lowest BCUT2D eigenvalue weighted by Gasteiger charge is -2.35. The minimum Gasteiger partial charge on any atom is -0.492 e. The van der Waals surface area contributed by atoms with Crippen LogP contribution in [0.3, 0.4) is 0 Å². The third kappa shape index (κ3) is 5.07. The van der Waals surface area contributed by atoms with Crippen LogP contribution in [0.1, 0.15) is 36.1 Å². The zero-order chi connectivity index (χ0) is 26.8. The van der Waals surface area contributed by atoms with E-state index in [1.807, 2.05) is 43.3 Å². The van der Waals surface area contributed by atoms with Gasteiger partial charge in [0.2, 0.25) is 0 Å². The van der Waals surface area contributed by atoms with Gasteiger partial charge < -0.3 is 10.1 Å². The Hall–Kier alpha value is -4.66. The highest BCUT2D eigenvalue weighted by Crippen LogP contribution is 2.33. The van der Waals surface area contributed by atoms with E-state index in [0.29, 0.717) is 47.5 Å². The van der Waals surface area contributed by atoms with Crippen molar-refractivity contribution in [1.29, 1.82) is 0 Å². The number of para-hydroxylation sites is 1. The molecule has 0 radical (unpaired) electrons. The number of amides is 1. The van der Waals surface area contributed by atoms with Crippen LogP contribution in [0, 0.1) is 11.7 Å². The first-order chi connectivity index (χ1) is 19.1. The van der Waals surface area contributed by atoms with Gasteiger partial charge in [-0.2, -0.15) is 0 Å². The van der Waals surface area contributed by atoms with Crippen molar-refractivity contribution in [3.05, 3.63) is 96.5 Å². The highest BCUT2D eigenvalue weighted by atomic mass is 19.1. The molecule has 0 bridgehead atoms. The van der Waals surface area contributed by atoms with Crippen LogP contribution in [0.5, 0.6) is 5.75 Å². The zero-order valence-electron chi connectivity index (χ0n) is 21.4. The van der Waals surface area contributed by atoms with Crippen molar-refractivity contribution >= 4 is 16.7 Å². The summed E-state index contributed by atoms with van der Waals surface area (Å²) in [5, 5.41) is 13.9. The summed E-state index contributed by atoms with van der Waals surface area (Å²) in [5.41, 5.74) is 1.35. The SMILES string of the molecule is CCOc1ccc(-c2nnc(CC3CC(NC(=O)c4cc5ccccc5cn4)C3)n2-c2ccccc2F)nc1. The van der Waals surface area contributed by atoms with Crippen LogP contribution in [0.25, 0.3) is 28.0 Å². The Balaban J connectivity index is 1.17. The molecule has 2 aromatic carbocycles. The largest absolute Gasteiger partial charge is 0.492 e. The molecule has 1 N–H and O–H groups in total. The van der Waals surface area contributed by atoms with Gasteiger partial charge in [-0.25, -0.2) is 9.37 Å². The Kier molecular flexibility index (Phi) is 6.71. The minimum absolute atomic E-state index is 0.0489. The molecule has 5 aromatic rings. The number of nitrogens with zero attached hydrogens (tertiary/aromatic N) is 5. The number of aromatic nitrogens is 5. The molecule has 6 rings (SSSR count). The third-order valence-electron chi connectivity index (χ3n) is 7.01. The fourth-order valence-corrected chi connectivity index (χ4v) is 5.01. The van der Waals surface area contributed by atoms with E-state index in [1.54, 1.807) is 41.2 Å². The van der Waals surface area contributed by atoms with Crippen molar-refractivity contribution in [1.82, 2.24) is 30.0 Å². The van der Waals surface area contributed by atoms with E-state index in [9.17, 15) is 9.18 Å². The second-order valence-electron chi connectivity index (χ2n) is 9.67. The molecule has 3 aromatic heterocycles. The molecule has 1 amide bonds. The molecule has 1 fully saturated rings. The van der Waals surface area contributed by atoms with Crippen LogP contribution in [-0.4, -0.2) is 43.3 Å². The average Bonchev–Trinajstić information content (AvgIpc) is 3.35. The number of carbonyl (C=O) groups excluding carboxylic acids is 1. The third-order valence-corrected chi connectivity index (χ3v) is 7.01. The van der Waals surface area contributed by atoms with E-state index >= 15 is 0 Å². The number of benzene rings is 2. The highest BCUT2D eigenvalue weighted by molar-refractivity contribution is 5.96. The molecule has 0 saturated heterocycles. The normalized spacial score (nSPS) is 16.6. The zero-order valence-corrected chi connectivity index (χ0v) is 21.4. The molecule has 1 aliphatic carbocycles. The lowest BCUT2D eigenvalue weighted by atomic mass is 9.78. The molecule has 0 aliphatic heterocycles. The number of rotatable bonds is 8. The van der Waals surface area contributed by atoms with Crippen molar-refractivity contribution in [3.63, 3.8) is 0 Å². The van der Waals surface area contributed by atoms with Crippen LogP contribution < -0.4 is 10.1 Å². The minimum atomic E-state index is -0.368. The number of fused-ring (bicyclic) bond motifs is 1. The molecule has 1 saturated carbocycles. The van der Waals surface area contributed by atoms with E-state index in [4.69, 9.17) is 4.74 Å². The van der Waals surface area contributed by atoms with Gasteiger partial charge in [0.1, 0.15) is 28.8 Å². The second-order valence-corrected chi connectivity index (χ2v) is 9.67. The van der Waals surface area contributed by atoms with Crippen LogP contribution >= 0.6 is 0 Å². The van der Waals surface area contributed by atoms with E-state index in [1.165, 1.54) is 6.07 Å². The van der Waals surface area contributed by atoms with Crippen molar-refractivity contribution in [2.24, 2.45) is 5.92 Å². The fourth-order valence-electron chi connectivity index (χ4n) is 5.01. The Bertz CT molecular complexity index is 1630. The molecule has 3 heterocycles. The van der Waals surface area contributed by atoms with Gasteiger partial charge in [0.15, 0.2) is 5.82 Å². The van der Waals surface area contributed by atoms with E-state index in [0.717, 1.165) is 23.6 Å². The summed E-state index contributed by atoms with van der Waals surface area (Å²) < 4.78 is 22.2. The summed E-state index contributed by atoms with van der Waals surface area (Å²) in [5.74, 6) is 1.49. The monoisotopic (exact) mass is 522 g/mol. The van der Waals surface area contributed by atoms with Gasteiger partial charge in [0.05, 0.1) is 18.5 Å². The molecule has 39 heavy (non-hydrogen) atoms. The number of carbonyl (C=O) groups is 1. The summed E-state index contributed by atoms with van der Waals surface area (Å²) >= 11 is 0. The van der Waals surface area contributed by atoms with Crippen molar-refractivity contribution in [2.45, 2.75) is 32.2 Å². The van der Waals surface area contributed by atoms with Crippen LogP contribution in [0.15, 0.2) is 79.1 Å². The number of nitrogens with one attached hydrogen (secondary N) is 1. The van der Waals surface area contributed by atoms with Gasteiger partial charge in [0.25, 0.3) is 5.91 Å². The predicted octanol–water partition coefficient (Wildman–Crippen LogP) is 5.17. The maximum absolute atomic E-state index is 14.9. The average molecular weight is 523 g/mol. The standard InChI is InChI=1S/C30H27FN6O2/c1-2-39-23-11-12-25(33-18-23)29-36-35-28(37(29)27-10-6-5-9-24(27)31)15-19-13-22(14-19)34-30(38)26-16-20-7-3-4-8-21(20)17-32-26/h3-12,16-19,22H,2,13-15H2,1H3,(H,34,38). The molecule has 0 unspecified atom stereocenters. The molecular weight excluding hydrogens is 495 g/mol. The molecule has 9 heteroatoms. The van der Waals surface area contributed by atoms with E-state index in [2.05, 4.69) is 25.5 Å². The topological polar surface area (TPSA) is 94.8 Å². The smallest absolute Gasteiger partial charge is 0.270 e. The summed E-state index contributed by atoms with van der Waals surface area (Å²) in [7, 11) is 0. The number of hydrogen-bond donors (Lipinski definition) is 1. The van der Waals surface area contributed by atoms with E-state index < -0.39 is 0 Å². The van der Waals surface area contributed by atoms with Crippen molar-refractivity contribution in [2.75, 3.05) is 6.61 Å². The number of halogens is 1. The molecule has 8 nitrogen and oxygen atoms in total. The first-order valence-corrected chi connectivity index (χ1v) is 13.0. The molecular formula is C30H27FN6O2. The Morgan fingerprint density at radius 2 is 1.79 bits per heavy atom. The Morgan fingerprint density at radius 1 is 1.00 bits per heavy atom. The number of pyridine rings is 2. The first-order valence-electron chi connectivity index (χ1n) is 13.0. The van der Waals surface area contributed by atoms with Crippen molar-refractivity contribution in [3.8, 4) is 23.0 Å². The quantitative estimate of drug-likeness (QED) is 0.302. The maximum Gasteiger partial charge on any atom is 0.270 e. The van der Waals surface area contributed by atoms with Gasteiger partial charge in [-0.1, -0.05) is 36.4 Å². The van der Waals surface area contributed by atoms with Gasteiger partial charge in [-0.3, -0.25) is 14.3 Å². The van der Waals surface area contributed by atoms with Gasteiger partial charge in [0, 0.05) is 24.0 Å². The molecule has 1 aliphatic rings.